The van der Waals surface area contributed by atoms with Gasteiger partial charge in [-0.25, -0.2) is 9.79 Å². The van der Waals surface area contributed by atoms with Crippen LogP contribution in [-0.2, 0) is 9.53 Å². The molecule has 90 valence electrons. The van der Waals surface area contributed by atoms with Crippen molar-refractivity contribution in [3.05, 3.63) is 0 Å². The lowest BCUT2D eigenvalue weighted by Crippen LogP contribution is -2.60. The Labute approximate surface area is 105 Å². The molecule has 0 N–H and O–H groups in total. The quantitative estimate of drug-likeness (QED) is 0.446. The molecule has 0 saturated carbocycles. The van der Waals surface area contributed by atoms with Gasteiger partial charge in [0.2, 0.25) is 5.00 Å². The molecular formula is C11H15Cl2NO2. The summed E-state index contributed by atoms with van der Waals surface area (Å²) in [6, 6.07) is 0. The standard InChI is InChI=1S/C11H15Cl2NO2/c1-3-4-5-7-6-10(2)8(12)14-11(7,13)9(15)16-10/h7H,3-6H2,1-2H3/t7-,10-,11-/m1/s1. The highest BCUT2D eigenvalue weighted by atomic mass is 35.5. The van der Waals surface area contributed by atoms with E-state index in [1.807, 2.05) is 0 Å². The molecule has 0 aromatic heterocycles. The Morgan fingerprint density at radius 2 is 2.31 bits per heavy atom. The molecule has 3 atom stereocenters. The van der Waals surface area contributed by atoms with Crippen molar-refractivity contribution in [1.29, 1.82) is 0 Å². The van der Waals surface area contributed by atoms with Gasteiger partial charge in [-0.05, 0) is 13.3 Å². The van der Waals surface area contributed by atoms with Crippen molar-refractivity contribution in [1.82, 2.24) is 0 Å². The van der Waals surface area contributed by atoms with Gasteiger partial charge in [-0.15, -0.1) is 0 Å². The number of fused-ring (bicyclic) bond motifs is 2. The Balaban J connectivity index is 2.30. The van der Waals surface area contributed by atoms with Gasteiger partial charge in [0, 0.05) is 12.3 Å². The van der Waals surface area contributed by atoms with Crippen molar-refractivity contribution in [2.75, 3.05) is 0 Å². The first-order chi connectivity index (χ1) is 7.42. The van der Waals surface area contributed by atoms with E-state index in [1.54, 1.807) is 6.92 Å². The summed E-state index contributed by atoms with van der Waals surface area (Å²) >= 11 is 12.3. The predicted octanol–water partition coefficient (Wildman–Crippen LogP) is 3.08. The third kappa shape index (κ3) is 1.65. The minimum atomic E-state index is -1.27. The molecule has 5 heteroatoms. The second-order valence-electron chi connectivity index (χ2n) is 4.74. The smallest absolute Gasteiger partial charge is 0.350 e. The molecule has 0 unspecified atom stereocenters. The van der Waals surface area contributed by atoms with Crippen molar-refractivity contribution in [3.63, 3.8) is 0 Å². The van der Waals surface area contributed by atoms with E-state index >= 15 is 0 Å². The largest absolute Gasteiger partial charge is 0.449 e. The van der Waals surface area contributed by atoms with E-state index in [2.05, 4.69) is 11.9 Å². The zero-order chi connectivity index (χ0) is 12.0. The van der Waals surface area contributed by atoms with Gasteiger partial charge in [-0.1, -0.05) is 43.0 Å². The summed E-state index contributed by atoms with van der Waals surface area (Å²) in [5.41, 5.74) is -0.756. The van der Waals surface area contributed by atoms with E-state index in [0.717, 1.165) is 19.3 Å². The van der Waals surface area contributed by atoms with Gasteiger partial charge in [0.25, 0.3) is 0 Å². The molecule has 1 saturated heterocycles. The van der Waals surface area contributed by atoms with E-state index in [4.69, 9.17) is 27.9 Å². The number of alkyl halides is 1. The molecule has 3 nitrogen and oxygen atoms in total. The first-order valence-corrected chi connectivity index (χ1v) is 6.36. The monoisotopic (exact) mass is 263 g/mol. The number of hydrogen-bond donors (Lipinski definition) is 0. The SMILES string of the molecule is CCCC[C@@H]1C[C@@]2(C)OC(=O)[C@]1(Cl)N=C2Cl. The van der Waals surface area contributed by atoms with Crippen molar-refractivity contribution in [2.45, 2.75) is 50.1 Å². The van der Waals surface area contributed by atoms with Crippen LogP contribution in [0.15, 0.2) is 4.99 Å². The number of carbonyl (C=O) groups excluding carboxylic acids is 1. The van der Waals surface area contributed by atoms with Gasteiger partial charge in [0.05, 0.1) is 0 Å². The van der Waals surface area contributed by atoms with Gasteiger partial charge in [-0.3, -0.25) is 0 Å². The summed E-state index contributed by atoms with van der Waals surface area (Å²) in [6.45, 7) is 3.91. The van der Waals surface area contributed by atoms with Crippen LogP contribution in [0.3, 0.4) is 0 Å². The number of halogens is 2. The molecule has 16 heavy (non-hydrogen) atoms. The van der Waals surface area contributed by atoms with Crippen LogP contribution in [0.1, 0.15) is 39.5 Å². The third-order valence-electron chi connectivity index (χ3n) is 3.38. The molecule has 1 fully saturated rings. The number of aliphatic imine (C=N–C) groups is 1. The Bertz CT molecular complexity index is 358. The van der Waals surface area contributed by atoms with Gasteiger partial charge in [-0.2, -0.15) is 0 Å². The van der Waals surface area contributed by atoms with Crippen molar-refractivity contribution >= 4 is 34.3 Å². The zero-order valence-corrected chi connectivity index (χ0v) is 10.9. The molecule has 3 aliphatic heterocycles. The molecule has 3 rings (SSSR count). The van der Waals surface area contributed by atoms with E-state index in [1.165, 1.54) is 0 Å². The molecule has 0 aromatic carbocycles. The molecule has 0 spiro atoms. The Hall–Kier alpha value is -0.280. The molecule has 3 aliphatic rings. The summed E-state index contributed by atoms with van der Waals surface area (Å²) in [5, 5.41) is 0.315. The number of ether oxygens (including phenoxy) is 1. The topological polar surface area (TPSA) is 38.7 Å². The Kier molecular flexibility index (Phi) is 2.96. The molecular weight excluding hydrogens is 249 g/mol. The molecule has 0 aliphatic carbocycles. The van der Waals surface area contributed by atoms with E-state index < -0.39 is 16.6 Å². The number of nitrogens with zero attached hydrogens (tertiary/aromatic N) is 1. The predicted molar refractivity (Wildman–Crippen MR) is 64.0 cm³/mol. The van der Waals surface area contributed by atoms with Crippen LogP contribution in [0.25, 0.3) is 0 Å². The summed E-state index contributed by atoms with van der Waals surface area (Å²) in [4.78, 5) is 14.7. The average molecular weight is 264 g/mol. The van der Waals surface area contributed by atoms with Crippen LogP contribution in [0.4, 0.5) is 0 Å². The average Bonchev–Trinajstić information content (AvgIpc) is 2.20. The number of rotatable bonds is 3. The number of hydrogen-bond acceptors (Lipinski definition) is 3. The molecule has 2 bridgehead atoms. The van der Waals surface area contributed by atoms with E-state index in [9.17, 15) is 4.79 Å². The van der Waals surface area contributed by atoms with Crippen LogP contribution in [0.2, 0.25) is 0 Å². The summed E-state index contributed by atoms with van der Waals surface area (Å²) in [7, 11) is 0. The minimum Gasteiger partial charge on any atom is -0.449 e. The molecule has 0 radical (unpaired) electrons. The second-order valence-corrected chi connectivity index (χ2v) is 5.67. The fraction of sp³-hybridized carbons (Fsp3) is 0.818. The van der Waals surface area contributed by atoms with Gasteiger partial charge < -0.3 is 4.74 Å². The Morgan fingerprint density at radius 3 is 2.94 bits per heavy atom. The fourth-order valence-corrected chi connectivity index (χ4v) is 2.96. The van der Waals surface area contributed by atoms with Crippen molar-refractivity contribution in [3.8, 4) is 0 Å². The second kappa shape index (κ2) is 3.88. The maximum Gasteiger partial charge on any atom is 0.350 e. The van der Waals surface area contributed by atoms with Crippen molar-refractivity contribution < 1.29 is 9.53 Å². The number of esters is 1. The van der Waals surface area contributed by atoms with Crippen LogP contribution >= 0.6 is 23.2 Å². The van der Waals surface area contributed by atoms with Crippen LogP contribution in [0, 0.1) is 5.92 Å². The summed E-state index contributed by atoms with van der Waals surface area (Å²) in [5.74, 6) is -0.420. The first kappa shape index (κ1) is 12.2. The number of carbonyl (C=O) groups is 1. The number of unbranched alkanes of at least 4 members (excludes halogenated alkanes) is 1. The maximum absolute atomic E-state index is 11.8. The van der Waals surface area contributed by atoms with Crippen molar-refractivity contribution in [2.24, 2.45) is 10.9 Å². The Morgan fingerprint density at radius 1 is 1.62 bits per heavy atom. The van der Waals surface area contributed by atoms with Crippen LogP contribution < -0.4 is 0 Å². The molecule has 3 heterocycles. The normalized spacial score (nSPS) is 41.9. The van der Waals surface area contributed by atoms with Crippen LogP contribution in [-0.4, -0.2) is 21.7 Å². The van der Waals surface area contributed by atoms with Gasteiger partial charge in [0.1, 0.15) is 5.17 Å². The van der Waals surface area contributed by atoms with Gasteiger partial charge in [0.15, 0.2) is 5.60 Å². The van der Waals surface area contributed by atoms with E-state index in [-0.39, 0.29) is 5.92 Å². The lowest BCUT2D eigenvalue weighted by atomic mass is 9.78. The highest BCUT2D eigenvalue weighted by Crippen LogP contribution is 2.49. The zero-order valence-electron chi connectivity index (χ0n) is 9.43. The first-order valence-electron chi connectivity index (χ1n) is 5.60. The van der Waals surface area contributed by atoms with Gasteiger partial charge >= 0.3 is 5.97 Å². The highest BCUT2D eigenvalue weighted by molar-refractivity contribution is 6.68. The summed E-state index contributed by atoms with van der Waals surface area (Å²) in [6.07, 6.45) is 3.67. The highest BCUT2D eigenvalue weighted by Gasteiger charge is 2.60. The minimum absolute atomic E-state index is 0.0304. The van der Waals surface area contributed by atoms with E-state index in [0.29, 0.717) is 11.6 Å². The fourth-order valence-electron chi connectivity index (χ4n) is 2.36. The third-order valence-corrected chi connectivity index (χ3v) is 4.42. The maximum atomic E-state index is 11.8. The lowest BCUT2D eigenvalue weighted by molar-refractivity contribution is -0.169. The molecule has 0 amide bonds. The summed E-state index contributed by atoms with van der Waals surface area (Å²) < 4.78 is 5.26. The van der Waals surface area contributed by atoms with Crippen LogP contribution in [0.5, 0.6) is 0 Å². The lowest BCUT2D eigenvalue weighted by Gasteiger charge is -2.48. The molecule has 0 aromatic rings.